The van der Waals surface area contributed by atoms with Gasteiger partial charge in [0.05, 0.1) is 12.6 Å². The average Bonchev–Trinajstić information content (AvgIpc) is 2.95. The molecule has 0 saturated heterocycles. The molecule has 5 nitrogen and oxygen atoms in total. The number of carbonyl (C=O) groups is 1. The number of nitrogens with zero attached hydrogens (tertiary/aromatic N) is 3. The number of hydrogen-bond donors (Lipinski definition) is 0. The third-order valence-corrected chi connectivity index (χ3v) is 5.47. The van der Waals surface area contributed by atoms with Gasteiger partial charge in [-0.25, -0.2) is 0 Å². The van der Waals surface area contributed by atoms with Gasteiger partial charge in [0.15, 0.2) is 0 Å². The largest absolute Gasteiger partial charge is 0.383 e. The van der Waals surface area contributed by atoms with E-state index in [0.717, 1.165) is 23.0 Å². The fraction of sp³-hybridized carbons (Fsp3) is 0.364. The first kappa shape index (κ1) is 19.1. The number of pyridine rings is 1. The summed E-state index contributed by atoms with van der Waals surface area (Å²) in [4.78, 5) is 19.0. The van der Waals surface area contributed by atoms with Crippen molar-refractivity contribution in [2.24, 2.45) is 0 Å². The van der Waals surface area contributed by atoms with E-state index in [2.05, 4.69) is 23.4 Å². The van der Waals surface area contributed by atoms with Crippen LogP contribution in [-0.4, -0.2) is 41.1 Å². The van der Waals surface area contributed by atoms with Gasteiger partial charge in [-0.15, -0.1) is 0 Å². The van der Waals surface area contributed by atoms with Crippen molar-refractivity contribution in [3.63, 3.8) is 0 Å². The van der Waals surface area contributed by atoms with Crippen LogP contribution in [0.15, 0.2) is 42.7 Å². The molecule has 3 aromatic rings. The van der Waals surface area contributed by atoms with Gasteiger partial charge in [-0.1, -0.05) is 6.07 Å². The summed E-state index contributed by atoms with van der Waals surface area (Å²) in [5.74, 6) is 0.00921. The topological polar surface area (TPSA) is 47.4 Å². The zero-order chi connectivity index (χ0) is 19.6. The van der Waals surface area contributed by atoms with Crippen LogP contribution in [0.2, 0.25) is 0 Å². The van der Waals surface area contributed by atoms with Crippen LogP contribution < -0.4 is 0 Å². The van der Waals surface area contributed by atoms with E-state index in [1.54, 1.807) is 24.4 Å². The van der Waals surface area contributed by atoms with Gasteiger partial charge in [-0.2, -0.15) is 0 Å². The minimum absolute atomic E-state index is 0.00921. The molecule has 27 heavy (non-hydrogen) atoms. The standard InChI is InChI=1S/C22H27N3O2/c1-15-16(2)25(11-12-27-5)21-9-8-18(13-20(15)21)22(26)24(4)17(3)19-7-6-10-23-14-19/h6-10,13-14,17H,11-12H2,1-5H3. The second-order valence-corrected chi connectivity index (χ2v) is 6.97. The van der Waals surface area contributed by atoms with Crippen LogP contribution in [0.25, 0.3) is 10.9 Å². The monoisotopic (exact) mass is 365 g/mol. The van der Waals surface area contributed by atoms with Crippen molar-refractivity contribution in [3.8, 4) is 0 Å². The molecule has 0 bridgehead atoms. The van der Waals surface area contributed by atoms with Crippen molar-refractivity contribution in [2.75, 3.05) is 20.8 Å². The molecule has 1 aromatic carbocycles. The number of aryl methyl sites for hydroxylation is 1. The fourth-order valence-electron chi connectivity index (χ4n) is 3.48. The van der Waals surface area contributed by atoms with Gasteiger partial charge in [0.2, 0.25) is 0 Å². The van der Waals surface area contributed by atoms with Gasteiger partial charge >= 0.3 is 0 Å². The molecule has 2 aromatic heterocycles. The summed E-state index contributed by atoms with van der Waals surface area (Å²) >= 11 is 0. The van der Waals surface area contributed by atoms with Crippen molar-refractivity contribution in [3.05, 3.63) is 65.1 Å². The quantitative estimate of drug-likeness (QED) is 0.660. The second kappa shape index (κ2) is 7.92. The molecule has 2 heterocycles. The van der Waals surface area contributed by atoms with Crippen molar-refractivity contribution in [1.82, 2.24) is 14.5 Å². The number of methoxy groups -OCH3 is 1. The Bertz CT molecular complexity index is 947. The Hall–Kier alpha value is -2.66. The van der Waals surface area contributed by atoms with Crippen LogP contribution >= 0.6 is 0 Å². The van der Waals surface area contributed by atoms with Crippen molar-refractivity contribution < 1.29 is 9.53 Å². The minimum Gasteiger partial charge on any atom is -0.383 e. The highest BCUT2D eigenvalue weighted by Gasteiger charge is 2.20. The molecule has 1 amide bonds. The highest BCUT2D eigenvalue weighted by Crippen LogP contribution is 2.28. The van der Waals surface area contributed by atoms with E-state index in [9.17, 15) is 4.79 Å². The van der Waals surface area contributed by atoms with Crippen molar-refractivity contribution >= 4 is 16.8 Å². The molecule has 3 rings (SSSR count). The maximum Gasteiger partial charge on any atom is 0.254 e. The van der Waals surface area contributed by atoms with Gasteiger partial charge in [0.1, 0.15) is 0 Å². The molecule has 1 atom stereocenters. The highest BCUT2D eigenvalue weighted by atomic mass is 16.5. The lowest BCUT2D eigenvalue weighted by Crippen LogP contribution is -2.29. The summed E-state index contributed by atoms with van der Waals surface area (Å²) in [5, 5.41) is 1.12. The fourth-order valence-corrected chi connectivity index (χ4v) is 3.48. The Morgan fingerprint density at radius 3 is 2.74 bits per heavy atom. The number of fused-ring (bicyclic) bond motifs is 1. The van der Waals surface area contributed by atoms with E-state index in [0.29, 0.717) is 12.2 Å². The number of benzene rings is 1. The van der Waals surface area contributed by atoms with Crippen LogP contribution in [0.3, 0.4) is 0 Å². The Kier molecular flexibility index (Phi) is 5.61. The zero-order valence-corrected chi connectivity index (χ0v) is 16.7. The van der Waals surface area contributed by atoms with Gasteiger partial charge in [-0.3, -0.25) is 9.78 Å². The molecule has 0 fully saturated rings. The Balaban J connectivity index is 1.92. The average molecular weight is 365 g/mol. The van der Waals surface area contributed by atoms with Crippen LogP contribution in [0.1, 0.15) is 40.1 Å². The van der Waals surface area contributed by atoms with E-state index >= 15 is 0 Å². The maximum atomic E-state index is 13.1. The maximum absolute atomic E-state index is 13.1. The second-order valence-electron chi connectivity index (χ2n) is 6.97. The van der Waals surface area contributed by atoms with E-state index < -0.39 is 0 Å². The summed E-state index contributed by atoms with van der Waals surface area (Å²) in [6.45, 7) is 7.71. The first-order valence-electron chi connectivity index (χ1n) is 9.21. The molecule has 142 valence electrons. The smallest absolute Gasteiger partial charge is 0.254 e. The third kappa shape index (κ3) is 3.60. The van der Waals surface area contributed by atoms with Gasteiger partial charge in [0.25, 0.3) is 5.91 Å². The lowest BCUT2D eigenvalue weighted by Gasteiger charge is -2.25. The number of aromatic nitrogens is 2. The predicted molar refractivity (Wildman–Crippen MR) is 108 cm³/mol. The summed E-state index contributed by atoms with van der Waals surface area (Å²) in [7, 11) is 3.55. The molecule has 0 saturated carbocycles. The Morgan fingerprint density at radius 1 is 1.30 bits per heavy atom. The van der Waals surface area contributed by atoms with Gasteiger partial charge in [-0.05, 0) is 56.2 Å². The molecule has 0 N–H and O–H groups in total. The van der Waals surface area contributed by atoms with E-state index in [1.165, 1.54) is 11.3 Å². The normalized spacial score (nSPS) is 12.3. The molecule has 5 heteroatoms. The third-order valence-electron chi connectivity index (χ3n) is 5.47. The van der Waals surface area contributed by atoms with Crippen LogP contribution in [0.4, 0.5) is 0 Å². The SMILES string of the molecule is COCCn1c(C)c(C)c2cc(C(=O)N(C)C(C)c3cccnc3)ccc21. The van der Waals surface area contributed by atoms with E-state index in [-0.39, 0.29) is 11.9 Å². The van der Waals surface area contributed by atoms with E-state index in [4.69, 9.17) is 4.74 Å². The molecular formula is C22H27N3O2. The molecule has 0 aliphatic carbocycles. The predicted octanol–water partition coefficient (Wildman–Crippen LogP) is 4.13. The highest BCUT2D eigenvalue weighted by molar-refractivity contribution is 5.99. The lowest BCUT2D eigenvalue weighted by molar-refractivity contribution is 0.0742. The summed E-state index contributed by atoms with van der Waals surface area (Å²) in [6, 6.07) is 9.81. The number of rotatable bonds is 6. The van der Waals surface area contributed by atoms with Gasteiger partial charge < -0.3 is 14.2 Å². The zero-order valence-electron chi connectivity index (χ0n) is 16.7. The minimum atomic E-state index is -0.0453. The summed E-state index contributed by atoms with van der Waals surface area (Å²) in [5.41, 5.74) is 5.28. The molecule has 1 unspecified atom stereocenters. The van der Waals surface area contributed by atoms with E-state index in [1.807, 2.05) is 44.3 Å². The van der Waals surface area contributed by atoms with Crippen molar-refractivity contribution in [2.45, 2.75) is 33.4 Å². The van der Waals surface area contributed by atoms with Crippen LogP contribution in [-0.2, 0) is 11.3 Å². The van der Waals surface area contributed by atoms with Crippen LogP contribution in [0.5, 0.6) is 0 Å². The molecule has 0 aliphatic rings. The first-order valence-corrected chi connectivity index (χ1v) is 9.21. The lowest BCUT2D eigenvalue weighted by atomic mass is 10.1. The molecule has 0 aliphatic heterocycles. The number of amides is 1. The number of hydrogen-bond acceptors (Lipinski definition) is 3. The summed E-state index contributed by atoms with van der Waals surface area (Å²) in [6.07, 6.45) is 3.55. The summed E-state index contributed by atoms with van der Waals surface area (Å²) < 4.78 is 7.49. The molecule has 0 radical (unpaired) electrons. The van der Waals surface area contributed by atoms with Gasteiger partial charge in [0, 0.05) is 55.3 Å². The molecular weight excluding hydrogens is 338 g/mol. The van der Waals surface area contributed by atoms with Crippen LogP contribution in [0, 0.1) is 13.8 Å². The Labute approximate surface area is 160 Å². The van der Waals surface area contributed by atoms with Crippen molar-refractivity contribution in [1.29, 1.82) is 0 Å². The Morgan fingerprint density at radius 2 is 2.07 bits per heavy atom. The first-order chi connectivity index (χ1) is 13.0. The number of carbonyl (C=O) groups excluding carboxylic acids is 1. The number of ether oxygens (including phenoxy) is 1. The molecule has 0 spiro atoms.